The first-order valence-electron chi connectivity index (χ1n) is 5.42. The Balaban J connectivity index is 2.33. The monoisotopic (exact) mass is 234 g/mol. The van der Waals surface area contributed by atoms with Crippen molar-refractivity contribution in [2.45, 2.75) is 13.0 Å². The van der Waals surface area contributed by atoms with Gasteiger partial charge in [-0.3, -0.25) is 9.48 Å². The fourth-order valence-corrected chi connectivity index (χ4v) is 2.10. The summed E-state index contributed by atoms with van der Waals surface area (Å²) in [4.78, 5) is 13.1. The van der Waals surface area contributed by atoms with E-state index in [-0.39, 0.29) is 0 Å². The van der Waals surface area contributed by atoms with Crippen LogP contribution in [0.5, 0.6) is 0 Å². The molecule has 0 aromatic carbocycles. The number of carbonyl (C=O) groups is 1. The van der Waals surface area contributed by atoms with Crippen LogP contribution in [0.4, 0.5) is 5.82 Å². The van der Waals surface area contributed by atoms with Gasteiger partial charge in [0.15, 0.2) is 12.4 Å². The Morgan fingerprint density at radius 2 is 2.41 bits per heavy atom. The number of aryl methyl sites for hydroxylation is 2. The summed E-state index contributed by atoms with van der Waals surface area (Å²) in [5, 5.41) is 13.1. The molecule has 1 aromatic heterocycles. The molecule has 6 heteroatoms. The number of carbonyl (C=O) groups excluding carboxylic acids is 1. The van der Waals surface area contributed by atoms with Gasteiger partial charge in [0.1, 0.15) is 5.82 Å². The van der Waals surface area contributed by atoms with Crippen LogP contribution >= 0.6 is 0 Å². The van der Waals surface area contributed by atoms with Crippen LogP contribution in [0.3, 0.4) is 0 Å². The van der Waals surface area contributed by atoms with Crippen molar-refractivity contribution in [3.05, 3.63) is 11.3 Å². The first kappa shape index (κ1) is 11.6. The third-order valence-electron chi connectivity index (χ3n) is 2.87. The first-order chi connectivity index (χ1) is 8.17. The molecule has 1 aliphatic heterocycles. The molecule has 1 aromatic rings. The van der Waals surface area contributed by atoms with Crippen LogP contribution in [0.2, 0.25) is 0 Å². The zero-order valence-electron chi connectivity index (χ0n) is 9.88. The maximum absolute atomic E-state index is 11.1. The highest BCUT2D eigenvalue weighted by Crippen LogP contribution is 2.23. The average Bonchev–Trinajstić information content (AvgIpc) is 2.63. The first-order valence-corrected chi connectivity index (χ1v) is 5.42. The topological polar surface area (TPSA) is 71.2 Å². The van der Waals surface area contributed by atoms with Gasteiger partial charge < -0.3 is 9.64 Å². The molecule has 2 heterocycles. The summed E-state index contributed by atoms with van der Waals surface area (Å²) in [5.74, 6) is 0.765. The van der Waals surface area contributed by atoms with Crippen molar-refractivity contribution < 1.29 is 9.53 Å². The third-order valence-corrected chi connectivity index (χ3v) is 2.87. The Morgan fingerprint density at radius 3 is 3.06 bits per heavy atom. The second kappa shape index (κ2) is 4.55. The Kier molecular flexibility index (Phi) is 3.11. The molecule has 1 atom stereocenters. The summed E-state index contributed by atoms with van der Waals surface area (Å²) in [6, 6.07) is 2.09. The molecule has 0 N–H and O–H groups in total. The van der Waals surface area contributed by atoms with Crippen LogP contribution in [0.25, 0.3) is 0 Å². The number of aldehydes is 1. The van der Waals surface area contributed by atoms with Crippen molar-refractivity contribution >= 4 is 12.1 Å². The maximum Gasteiger partial charge on any atom is 0.161 e. The molecular formula is C11H14N4O2. The molecule has 1 saturated heterocycles. The standard InChI is InChI=1S/C11H14N4O2/c1-8-10(7-16)11(14(2)13-8)15-3-4-17-9(5-12)6-15/h7,9H,3-4,6H2,1-2H3. The van der Waals surface area contributed by atoms with Crippen LogP contribution < -0.4 is 4.90 Å². The lowest BCUT2D eigenvalue weighted by Gasteiger charge is -2.31. The maximum atomic E-state index is 11.1. The lowest BCUT2D eigenvalue weighted by atomic mass is 10.2. The molecule has 0 amide bonds. The normalized spacial score (nSPS) is 20.1. The fourth-order valence-electron chi connectivity index (χ4n) is 2.10. The fraction of sp³-hybridized carbons (Fsp3) is 0.545. The minimum absolute atomic E-state index is 0.446. The predicted molar refractivity (Wildman–Crippen MR) is 60.9 cm³/mol. The Labute approximate surface area is 99.4 Å². The molecule has 1 fully saturated rings. The molecular weight excluding hydrogens is 220 g/mol. The number of ether oxygens (including phenoxy) is 1. The van der Waals surface area contributed by atoms with Crippen LogP contribution in [0.1, 0.15) is 16.1 Å². The highest BCUT2D eigenvalue weighted by atomic mass is 16.5. The van der Waals surface area contributed by atoms with E-state index in [1.54, 1.807) is 18.7 Å². The smallest absolute Gasteiger partial charge is 0.161 e. The number of hydrogen-bond donors (Lipinski definition) is 0. The lowest BCUT2D eigenvalue weighted by Crippen LogP contribution is -2.43. The van der Waals surface area contributed by atoms with Crippen molar-refractivity contribution in [1.29, 1.82) is 5.26 Å². The summed E-state index contributed by atoms with van der Waals surface area (Å²) >= 11 is 0. The zero-order chi connectivity index (χ0) is 12.4. The summed E-state index contributed by atoms with van der Waals surface area (Å²) in [7, 11) is 1.80. The van der Waals surface area contributed by atoms with Crippen LogP contribution in [-0.4, -0.2) is 41.9 Å². The van der Waals surface area contributed by atoms with E-state index in [1.807, 2.05) is 4.90 Å². The quantitative estimate of drug-likeness (QED) is 0.687. The second-order valence-corrected chi connectivity index (χ2v) is 4.00. The molecule has 2 rings (SSSR count). The summed E-state index contributed by atoms with van der Waals surface area (Å²) < 4.78 is 6.96. The highest BCUT2D eigenvalue weighted by molar-refractivity contribution is 5.84. The van der Waals surface area contributed by atoms with Gasteiger partial charge in [0.2, 0.25) is 0 Å². The predicted octanol–water partition coefficient (Wildman–Crippen LogP) is 0.270. The van der Waals surface area contributed by atoms with E-state index >= 15 is 0 Å². The van der Waals surface area contributed by atoms with Gasteiger partial charge in [-0.1, -0.05) is 0 Å². The molecule has 1 unspecified atom stereocenters. The van der Waals surface area contributed by atoms with Gasteiger partial charge in [-0.15, -0.1) is 0 Å². The van der Waals surface area contributed by atoms with E-state index in [1.165, 1.54) is 0 Å². The van der Waals surface area contributed by atoms with Crippen molar-refractivity contribution in [3.63, 3.8) is 0 Å². The van der Waals surface area contributed by atoms with Crippen molar-refractivity contribution in [3.8, 4) is 6.07 Å². The Bertz CT molecular complexity index is 475. The molecule has 0 radical (unpaired) electrons. The van der Waals surface area contributed by atoms with Crippen LogP contribution in [-0.2, 0) is 11.8 Å². The molecule has 1 aliphatic rings. The number of morpholine rings is 1. The van der Waals surface area contributed by atoms with Gasteiger partial charge in [0.05, 0.1) is 30.5 Å². The van der Waals surface area contributed by atoms with E-state index in [9.17, 15) is 4.79 Å². The summed E-state index contributed by atoms with van der Waals surface area (Å²) in [6.45, 7) is 3.42. The SMILES string of the molecule is Cc1nn(C)c(N2CCOC(C#N)C2)c1C=O. The van der Waals surface area contributed by atoms with Gasteiger partial charge in [-0.25, -0.2) is 0 Å². The number of nitriles is 1. The highest BCUT2D eigenvalue weighted by Gasteiger charge is 2.25. The van der Waals surface area contributed by atoms with E-state index in [0.717, 1.165) is 12.1 Å². The Hall–Kier alpha value is -1.87. The van der Waals surface area contributed by atoms with Gasteiger partial charge in [0.25, 0.3) is 0 Å². The van der Waals surface area contributed by atoms with Gasteiger partial charge >= 0.3 is 0 Å². The number of aromatic nitrogens is 2. The van der Waals surface area contributed by atoms with Gasteiger partial charge in [-0.05, 0) is 6.92 Å². The summed E-state index contributed by atoms with van der Waals surface area (Å²) in [5.41, 5.74) is 1.29. The van der Waals surface area contributed by atoms with Crippen molar-refractivity contribution in [1.82, 2.24) is 9.78 Å². The van der Waals surface area contributed by atoms with E-state index in [4.69, 9.17) is 10.00 Å². The molecule has 0 bridgehead atoms. The minimum atomic E-state index is -0.446. The van der Waals surface area contributed by atoms with Crippen LogP contribution in [0, 0.1) is 18.3 Å². The second-order valence-electron chi connectivity index (χ2n) is 4.00. The van der Waals surface area contributed by atoms with E-state index in [0.29, 0.717) is 31.0 Å². The third kappa shape index (κ3) is 2.01. The Morgan fingerprint density at radius 1 is 1.65 bits per heavy atom. The molecule has 90 valence electrons. The summed E-state index contributed by atoms with van der Waals surface area (Å²) in [6.07, 6.45) is 0.368. The molecule has 0 spiro atoms. The zero-order valence-corrected chi connectivity index (χ0v) is 9.88. The molecule has 0 aliphatic carbocycles. The molecule has 0 saturated carbocycles. The van der Waals surface area contributed by atoms with E-state index in [2.05, 4.69) is 11.2 Å². The van der Waals surface area contributed by atoms with E-state index < -0.39 is 6.10 Å². The lowest BCUT2D eigenvalue weighted by molar-refractivity contribution is 0.0757. The minimum Gasteiger partial charge on any atom is -0.360 e. The van der Waals surface area contributed by atoms with Gasteiger partial charge in [-0.2, -0.15) is 10.4 Å². The van der Waals surface area contributed by atoms with Crippen molar-refractivity contribution in [2.75, 3.05) is 24.6 Å². The van der Waals surface area contributed by atoms with Crippen LogP contribution in [0.15, 0.2) is 0 Å². The number of anilines is 1. The largest absolute Gasteiger partial charge is 0.360 e. The average molecular weight is 234 g/mol. The number of rotatable bonds is 2. The molecule has 17 heavy (non-hydrogen) atoms. The van der Waals surface area contributed by atoms with Crippen molar-refractivity contribution in [2.24, 2.45) is 7.05 Å². The molecule has 6 nitrogen and oxygen atoms in total. The number of nitrogens with zero attached hydrogens (tertiary/aromatic N) is 4. The van der Waals surface area contributed by atoms with Gasteiger partial charge in [0, 0.05) is 13.6 Å². The number of hydrogen-bond acceptors (Lipinski definition) is 5.